The van der Waals surface area contributed by atoms with E-state index in [0.717, 1.165) is 45.4 Å². The van der Waals surface area contributed by atoms with E-state index in [-0.39, 0.29) is 28.0 Å². The largest absolute Gasteiger partial charge is 0.503 e. The number of carboxylic acid groups (broad SMARTS) is 1. The lowest BCUT2D eigenvalue weighted by molar-refractivity contribution is -0.153. The summed E-state index contributed by atoms with van der Waals surface area (Å²) in [6.45, 7) is 0. The molecule has 3 atom stereocenters. The summed E-state index contributed by atoms with van der Waals surface area (Å²) in [6.07, 6.45) is 0.901. The number of thioether (sulfide) groups is 1. The Labute approximate surface area is 280 Å². The van der Waals surface area contributed by atoms with E-state index in [1.54, 1.807) is 30.3 Å². The van der Waals surface area contributed by atoms with E-state index in [1.807, 2.05) is 0 Å². The highest BCUT2D eigenvalue weighted by atomic mass is 32.2. The number of nitrogen functional groups attached to an aromatic ring is 1. The van der Waals surface area contributed by atoms with Gasteiger partial charge in [0.1, 0.15) is 22.5 Å². The number of β-lactam (4-membered cyclic amide) rings is 1. The average Bonchev–Trinajstić information content (AvgIpc) is 3.76. The first-order valence-corrected chi connectivity index (χ1v) is 16.4. The van der Waals surface area contributed by atoms with Crippen molar-refractivity contribution in [1.82, 2.24) is 29.5 Å². The van der Waals surface area contributed by atoms with E-state index in [4.69, 9.17) is 22.8 Å². The molecule has 0 radical (unpaired) electrons. The van der Waals surface area contributed by atoms with Crippen molar-refractivity contribution in [3.8, 4) is 5.75 Å². The summed E-state index contributed by atoms with van der Waals surface area (Å²) < 4.78 is 4.26. The minimum Gasteiger partial charge on any atom is -0.503 e. The number of carboxylic acids is 1. The van der Waals surface area contributed by atoms with Crippen molar-refractivity contribution in [2.75, 3.05) is 11.5 Å². The molecular formula is C27H20N8O8S4. The van der Waals surface area contributed by atoms with Crippen LogP contribution in [0, 0.1) is 0 Å². The zero-order chi connectivity index (χ0) is 33.5. The van der Waals surface area contributed by atoms with Crippen molar-refractivity contribution in [2.45, 2.75) is 17.0 Å². The van der Waals surface area contributed by atoms with Crippen molar-refractivity contribution in [1.29, 1.82) is 0 Å². The topological polar surface area (TPSA) is 235 Å². The summed E-state index contributed by atoms with van der Waals surface area (Å²) in [4.78, 5) is 63.7. The number of hydrogen-bond acceptors (Lipinski definition) is 16. The van der Waals surface area contributed by atoms with E-state index < -0.39 is 51.7 Å². The third-order valence-corrected chi connectivity index (χ3v) is 10.2. The van der Waals surface area contributed by atoms with Crippen LogP contribution < -0.4 is 16.5 Å². The van der Waals surface area contributed by atoms with Gasteiger partial charge in [0.25, 0.3) is 11.8 Å². The van der Waals surface area contributed by atoms with E-state index in [0.29, 0.717) is 20.7 Å². The number of carbonyl (C=O) groups is 3. The van der Waals surface area contributed by atoms with Crippen LogP contribution in [0.3, 0.4) is 0 Å². The number of pyridine rings is 1. The summed E-state index contributed by atoms with van der Waals surface area (Å²) in [5, 5.41) is 42.4. The van der Waals surface area contributed by atoms with Crippen molar-refractivity contribution in [3.63, 3.8) is 0 Å². The number of benzene rings is 1. The molecule has 1 saturated heterocycles. The van der Waals surface area contributed by atoms with Gasteiger partial charge < -0.3 is 31.3 Å². The predicted molar refractivity (Wildman–Crippen MR) is 174 cm³/mol. The number of nitrogens with zero attached hydrogens (tertiary/aromatic N) is 6. The number of nitrogens with one attached hydrogen (secondary N) is 1. The standard InChI is InChI=1S/C27H20N8O8S4/c28-26-30-14(10-46-26)19(32-43-21(12-4-2-1-3-5-12)15-6-16(36)17(37)8-34(15)42)22(38)31-27(11-44)24(41)35-20(23(39)40)13(9-45-25(27)35)18-7-29-33-47-18/h1-8,10-11,21,25,37,42H,9H2,(H2,28,30)(H,31,38)(H,39,40)/b32-19-/t21?,25-,27+/m1/s1. The molecule has 240 valence electrons. The van der Waals surface area contributed by atoms with Gasteiger partial charge in [-0.15, -0.1) is 28.2 Å². The van der Waals surface area contributed by atoms with E-state index >= 15 is 0 Å². The number of anilines is 1. The fourth-order valence-electron chi connectivity index (χ4n) is 4.91. The molecule has 2 amide bonds. The minimum atomic E-state index is -1.82. The first-order valence-electron chi connectivity index (χ1n) is 13.2. The van der Waals surface area contributed by atoms with Crippen LogP contribution in [-0.2, 0) is 19.2 Å². The van der Waals surface area contributed by atoms with Crippen molar-refractivity contribution < 1.29 is 34.6 Å². The van der Waals surface area contributed by atoms with E-state index in [1.165, 1.54) is 23.3 Å². The molecule has 6 N–H and O–H groups in total. The fourth-order valence-corrected chi connectivity index (χ4v) is 7.94. The third kappa shape index (κ3) is 5.60. The Balaban J connectivity index is 1.36. The highest BCUT2D eigenvalue weighted by Crippen LogP contribution is 2.48. The monoisotopic (exact) mass is 712 g/mol. The van der Waals surface area contributed by atoms with Gasteiger partial charge >= 0.3 is 5.97 Å². The number of aromatic hydroxyl groups is 1. The lowest BCUT2D eigenvalue weighted by atomic mass is 9.87. The van der Waals surface area contributed by atoms with Gasteiger partial charge in [-0.25, -0.2) is 9.78 Å². The Bertz CT molecular complexity index is 2030. The molecule has 47 heavy (non-hydrogen) atoms. The lowest BCUT2D eigenvalue weighted by Crippen LogP contribution is -2.80. The quantitative estimate of drug-likeness (QED) is 0.0515. The second-order valence-electron chi connectivity index (χ2n) is 9.89. The normalized spacial score (nSPS) is 19.8. The molecule has 5 heterocycles. The molecule has 6 rings (SSSR count). The van der Waals surface area contributed by atoms with Crippen LogP contribution in [0.4, 0.5) is 5.13 Å². The summed E-state index contributed by atoms with van der Waals surface area (Å²) >= 11 is 8.39. The molecule has 1 aromatic carbocycles. The number of thiazole rings is 1. The maximum atomic E-state index is 13.9. The van der Waals surface area contributed by atoms with Crippen LogP contribution in [0.5, 0.6) is 5.75 Å². The highest BCUT2D eigenvalue weighted by Gasteiger charge is 2.65. The van der Waals surface area contributed by atoms with Crippen LogP contribution in [0.25, 0.3) is 5.57 Å². The molecule has 20 heteroatoms. The van der Waals surface area contributed by atoms with E-state index in [9.17, 15) is 34.6 Å². The number of rotatable bonds is 10. The zero-order valence-electron chi connectivity index (χ0n) is 23.4. The average molecular weight is 713 g/mol. The van der Waals surface area contributed by atoms with Crippen LogP contribution in [0.1, 0.15) is 27.9 Å². The lowest BCUT2D eigenvalue weighted by Gasteiger charge is -2.55. The molecule has 1 unspecified atom stereocenters. The number of carbonyl (C=O) groups excluding carboxylic acids is 2. The summed E-state index contributed by atoms with van der Waals surface area (Å²) in [5.41, 5.74) is 3.06. The highest BCUT2D eigenvalue weighted by molar-refractivity contribution is 8.00. The van der Waals surface area contributed by atoms with Gasteiger partial charge in [-0.3, -0.25) is 19.3 Å². The van der Waals surface area contributed by atoms with Crippen molar-refractivity contribution >= 4 is 86.4 Å². The summed E-state index contributed by atoms with van der Waals surface area (Å²) in [5.74, 6) is -3.68. The van der Waals surface area contributed by atoms with Gasteiger partial charge in [-0.2, -0.15) is 4.73 Å². The van der Waals surface area contributed by atoms with Gasteiger partial charge in [0, 0.05) is 33.7 Å². The van der Waals surface area contributed by atoms with E-state index in [2.05, 4.69) is 25.0 Å². The fraction of sp³-hybridized carbons (Fsp3) is 0.148. The van der Waals surface area contributed by atoms with Gasteiger partial charge in [-0.1, -0.05) is 52.2 Å². The van der Waals surface area contributed by atoms with Crippen LogP contribution in [0.2, 0.25) is 0 Å². The smallest absolute Gasteiger partial charge is 0.353 e. The molecule has 2 aliphatic heterocycles. The van der Waals surface area contributed by atoms with Crippen molar-refractivity contribution in [3.05, 3.63) is 91.9 Å². The van der Waals surface area contributed by atoms with Gasteiger partial charge in [0.15, 0.2) is 28.2 Å². The molecule has 0 spiro atoms. The summed E-state index contributed by atoms with van der Waals surface area (Å²) in [7, 11) is 0. The number of fused-ring (bicyclic) bond motifs is 1. The van der Waals surface area contributed by atoms with Gasteiger partial charge in [0.05, 0.1) is 17.3 Å². The Hall–Kier alpha value is -5.18. The first-order chi connectivity index (χ1) is 22.6. The third-order valence-electron chi connectivity index (χ3n) is 7.12. The number of oxime groups is 1. The predicted octanol–water partition coefficient (Wildman–Crippen LogP) is 1.46. The molecule has 0 bridgehead atoms. The van der Waals surface area contributed by atoms with Crippen LogP contribution in [0.15, 0.2) is 69.8 Å². The molecule has 4 aromatic rings. The first kappa shape index (κ1) is 31.8. The second kappa shape index (κ2) is 12.5. The SMILES string of the molecule is Nc1nc(/C(=N/OC(c2ccccc2)c2cc(=O)c(O)cn2O)C(=O)N[C@@]2(C=S)C(=O)N3C(C(=O)O)=C(c4cnns4)CS[C@@H]32)cs1. The number of nitrogens with two attached hydrogens (primary N) is 1. The Morgan fingerprint density at radius 3 is 2.68 bits per heavy atom. The van der Waals surface area contributed by atoms with Gasteiger partial charge in [0.2, 0.25) is 5.43 Å². The van der Waals surface area contributed by atoms with Crippen LogP contribution in [-0.4, -0.2) is 85.2 Å². The molecule has 1 fully saturated rings. The number of aromatic nitrogens is 4. The van der Waals surface area contributed by atoms with Gasteiger partial charge in [-0.05, 0) is 11.5 Å². The molecule has 2 aliphatic rings. The zero-order valence-corrected chi connectivity index (χ0v) is 26.7. The molecule has 0 aliphatic carbocycles. The molecule has 16 nitrogen and oxygen atoms in total. The Morgan fingerprint density at radius 1 is 1.28 bits per heavy atom. The van der Waals surface area contributed by atoms with Crippen LogP contribution >= 0.6 is 46.8 Å². The molecule has 3 aromatic heterocycles. The molecule has 0 saturated carbocycles. The molecular weight excluding hydrogens is 693 g/mol. The number of aliphatic carboxylic acids is 1. The second-order valence-corrected chi connectivity index (χ2v) is 12.9. The maximum absolute atomic E-state index is 13.9. The van der Waals surface area contributed by atoms with Crippen molar-refractivity contribution in [2.24, 2.45) is 5.16 Å². The maximum Gasteiger partial charge on any atom is 0.353 e. The Morgan fingerprint density at radius 2 is 2.04 bits per heavy atom. The Kier molecular flexibility index (Phi) is 8.49. The number of thiocarbonyl (C=S) groups is 1. The summed E-state index contributed by atoms with van der Waals surface area (Å²) in [6, 6.07) is 9.23. The number of amides is 2. The number of hydrogen-bond donors (Lipinski definition) is 5. The minimum absolute atomic E-state index is 0.0329.